The van der Waals surface area contributed by atoms with E-state index in [4.69, 9.17) is 6.11 Å². The van der Waals surface area contributed by atoms with Crippen LogP contribution in [0.4, 0.5) is 4.39 Å². The molecule has 0 amide bonds. The van der Waals surface area contributed by atoms with Crippen LogP contribution in [0, 0.1) is 5.82 Å². The van der Waals surface area contributed by atoms with Crippen LogP contribution in [-0.2, 0) is 16.7 Å². The van der Waals surface area contributed by atoms with E-state index in [-0.39, 0.29) is 11.4 Å². The lowest BCUT2D eigenvalue weighted by molar-refractivity contribution is 0.171. The van der Waals surface area contributed by atoms with Gasteiger partial charge in [-0.2, -0.15) is 0 Å². The van der Waals surface area contributed by atoms with Crippen LogP contribution in [0.25, 0.3) is 0 Å². The van der Waals surface area contributed by atoms with Gasteiger partial charge in [-0.15, -0.1) is 0 Å². The Bertz CT molecular complexity index is 470. The fourth-order valence-electron chi connectivity index (χ4n) is 2.67. The van der Waals surface area contributed by atoms with Crippen molar-refractivity contribution in [2.75, 3.05) is 13.3 Å². The number of nitrogens with one attached hydrogen (secondary N) is 1. The van der Waals surface area contributed by atoms with Gasteiger partial charge in [-0.1, -0.05) is 6.07 Å². The zero-order valence-electron chi connectivity index (χ0n) is 9.72. The van der Waals surface area contributed by atoms with E-state index < -0.39 is 6.71 Å². The third-order valence-electron chi connectivity index (χ3n) is 3.49. The molecular weight excluding hydrogens is 273 g/mol. The molecule has 86 valence electrons. The Kier molecular flexibility index (Phi) is 2.27. The molecule has 0 radical (unpaired) electrons. The summed E-state index contributed by atoms with van der Waals surface area (Å²) in [6.45, 7) is -0.248. The summed E-state index contributed by atoms with van der Waals surface area (Å²) < 4.78 is 27.5. The summed E-state index contributed by atoms with van der Waals surface area (Å²) in [6, 6.07) is 3.68. The molecule has 1 fully saturated rings. The molecule has 1 heterocycles. The van der Waals surface area contributed by atoms with Crippen molar-refractivity contribution in [1.29, 1.82) is 0 Å². The molecule has 0 bridgehead atoms. The quantitative estimate of drug-likeness (QED) is 0.792. The lowest BCUT2D eigenvalue weighted by Crippen LogP contribution is -2.42. The predicted octanol–water partition coefficient (Wildman–Crippen LogP) is 2.70. The van der Waals surface area contributed by atoms with Gasteiger partial charge in [0.05, 0.1) is 24.7 Å². The summed E-state index contributed by atoms with van der Waals surface area (Å²) >= 11 is 3.22. The Hall–Kier alpha value is -0.450. The van der Waals surface area contributed by atoms with Crippen molar-refractivity contribution in [3.63, 3.8) is 0 Å². The highest BCUT2D eigenvalue weighted by atomic mass is 79.9. The standard InChI is InChI=1S/C12H13BrFNO/c13-10-4-3-9-8(11(10)14)2-1-5-12(9)6-16-7-15-12/h3-4,15H,1-2,5-7H2/i7D/t7-,12?/m0/s1. The highest BCUT2D eigenvalue weighted by Crippen LogP contribution is 2.40. The second-order valence-corrected chi connectivity index (χ2v) is 5.25. The maximum absolute atomic E-state index is 14.1. The smallest absolute Gasteiger partial charge is 0.140 e. The molecule has 4 heteroatoms. The van der Waals surface area contributed by atoms with Crippen molar-refractivity contribution < 1.29 is 10.5 Å². The van der Waals surface area contributed by atoms with E-state index in [0.717, 1.165) is 30.4 Å². The minimum absolute atomic E-state index is 0.170. The van der Waals surface area contributed by atoms with Gasteiger partial charge in [-0.05, 0) is 52.4 Å². The van der Waals surface area contributed by atoms with Gasteiger partial charge in [0.15, 0.2) is 0 Å². The normalized spacial score (nSPS) is 33.9. The van der Waals surface area contributed by atoms with Gasteiger partial charge in [0.25, 0.3) is 0 Å². The van der Waals surface area contributed by atoms with Crippen molar-refractivity contribution in [3.05, 3.63) is 33.5 Å². The summed E-state index contributed by atoms with van der Waals surface area (Å²) in [4.78, 5) is 0. The second-order valence-electron chi connectivity index (χ2n) is 4.40. The molecule has 1 spiro atoms. The summed E-state index contributed by atoms with van der Waals surface area (Å²) in [5, 5.41) is 3.13. The molecule has 0 saturated carbocycles. The maximum Gasteiger partial charge on any atom is 0.140 e. The average Bonchev–Trinajstić information content (AvgIpc) is 2.67. The van der Waals surface area contributed by atoms with Gasteiger partial charge >= 0.3 is 0 Å². The lowest BCUT2D eigenvalue weighted by atomic mass is 9.77. The fraction of sp³-hybridized carbons (Fsp3) is 0.500. The average molecular weight is 287 g/mol. The molecule has 16 heavy (non-hydrogen) atoms. The van der Waals surface area contributed by atoms with Crippen molar-refractivity contribution in [2.24, 2.45) is 0 Å². The zero-order chi connectivity index (χ0) is 12.0. The molecule has 1 aliphatic heterocycles. The zero-order valence-corrected chi connectivity index (χ0v) is 10.3. The van der Waals surface area contributed by atoms with Crippen LogP contribution in [0.3, 0.4) is 0 Å². The van der Waals surface area contributed by atoms with Crippen molar-refractivity contribution in [3.8, 4) is 0 Å². The van der Waals surface area contributed by atoms with Crippen molar-refractivity contribution in [2.45, 2.75) is 24.8 Å². The minimum atomic E-state index is -0.701. The first-order valence-electron chi connectivity index (χ1n) is 5.99. The van der Waals surface area contributed by atoms with Gasteiger partial charge in [0.1, 0.15) is 5.82 Å². The first-order valence-corrected chi connectivity index (χ1v) is 6.21. The van der Waals surface area contributed by atoms with E-state index in [2.05, 4.69) is 21.2 Å². The van der Waals surface area contributed by atoms with Crippen molar-refractivity contribution >= 4 is 15.9 Å². The van der Waals surface area contributed by atoms with Crippen LogP contribution in [0.1, 0.15) is 25.3 Å². The Morgan fingerprint density at radius 1 is 1.56 bits per heavy atom. The van der Waals surface area contributed by atoms with E-state index in [1.807, 2.05) is 6.07 Å². The highest BCUT2D eigenvalue weighted by Gasteiger charge is 2.40. The third-order valence-corrected chi connectivity index (χ3v) is 4.10. The van der Waals surface area contributed by atoms with E-state index >= 15 is 0 Å². The molecular formula is C12H13BrFNO. The van der Waals surface area contributed by atoms with Gasteiger partial charge in [-0.25, -0.2) is 4.39 Å². The summed E-state index contributed by atoms with van der Waals surface area (Å²) in [7, 11) is 0. The molecule has 2 nitrogen and oxygen atoms in total. The van der Waals surface area contributed by atoms with E-state index in [9.17, 15) is 4.39 Å². The number of hydrogen-bond acceptors (Lipinski definition) is 2. The van der Waals surface area contributed by atoms with Gasteiger partial charge in [-0.3, -0.25) is 5.32 Å². The molecule has 1 unspecified atom stereocenters. The van der Waals surface area contributed by atoms with Crippen LogP contribution in [0.15, 0.2) is 16.6 Å². The fourth-order valence-corrected chi connectivity index (χ4v) is 3.04. The van der Waals surface area contributed by atoms with Crippen LogP contribution < -0.4 is 5.32 Å². The number of fused-ring (bicyclic) bond motifs is 2. The minimum Gasteiger partial charge on any atom is -0.364 e. The number of hydrogen-bond donors (Lipinski definition) is 1. The molecule has 1 saturated heterocycles. The Morgan fingerprint density at radius 2 is 2.44 bits per heavy atom. The Labute approximate surface area is 104 Å². The molecule has 3 rings (SSSR count). The van der Waals surface area contributed by atoms with E-state index in [1.165, 1.54) is 0 Å². The topological polar surface area (TPSA) is 21.3 Å². The third kappa shape index (κ3) is 1.44. The number of benzene rings is 1. The van der Waals surface area contributed by atoms with Crippen LogP contribution in [0.2, 0.25) is 0 Å². The first kappa shape index (κ1) is 9.57. The lowest BCUT2D eigenvalue weighted by Gasteiger charge is -2.35. The van der Waals surface area contributed by atoms with E-state index in [0.29, 0.717) is 11.1 Å². The summed E-state index contributed by atoms with van der Waals surface area (Å²) in [5.74, 6) is -0.170. The molecule has 0 aromatic heterocycles. The maximum atomic E-state index is 14.1. The highest BCUT2D eigenvalue weighted by molar-refractivity contribution is 9.10. The second kappa shape index (κ2) is 3.79. The molecule has 2 aliphatic rings. The first-order chi connectivity index (χ1) is 8.12. The molecule has 1 N–H and O–H groups in total. The Morgan fingerprint density at radius 3 is 3.19 bits per heavy atom. The van der Waals surface area contributed by atoms with Crippen molar-refractivity contribution in [1.82, 2.24) is 5.32 Å². The molecule has 1 aromatic rings. The van der Waals surface area contributed by atoms with Crippen LogP contribution in [0.5, 0.6) is 0 Å². The van der Waals surface area contributed by atoms with Gasteiger partial charge in [0.2, 0.25) is 0 Å². The largest absolute Gasteiger partial charge is 0.364 e. The summed E-state index contributed by atoms with van der Waals surface area (Å²) in [5.41, 5.74) is 1.36. The Balaban J connectivity index is 2.12. The monoisotopic (exact) mass is 286 g/mol. The number of halogens is 2. The predicted molar refractivity (Wildman–Crippen MR) is 62.7 cm³/mol. The van der Waals surface area contributed by atoms with Crippen LogP contribution >= 0.6 is 15.9 Å². The molecule has 1 aliphatic carbocycles. The van der Waals surface area contributed by atoms with Crippen LogP contribution in [-0.4, -0.2) is 13.3 Å². The molecule has 1 aromatic carbocycles. The van der Waals surface area contributed by atoms with E-state index in [1.54, 1.807) is 6.07 Å². The SMILES string of the molecule is [2H][C@H]1NC2(CCCc3c2ccc(Br)c3F)CO1. The number of ether oxygens (including phenoxy) is 1. The van der Waals surface area contributed by atoms with Gasteiger partial charge in [0, 0.05) is 0 Å². The summed E-state index contributed by atoms with van der Waals surface area (Å²) in [6.07, 6.45) is 2.58. The van der Waals surface area contributed by atoms with Gasteiger partial charge < -0.3 is 4.74 Å². The number of rotatable bonds is 0. The molecule has 2 atom stereocenters.